The quantitative estimate of drug-likeness (QED) is 0.874. The van der Waals surface area contributed by atoms with E-state index >= 15 is 0 Å². The molecular weight excluding hydrogens is 230 g/mol. The Hall–Kier alpha value is -0.420. The fourth-order valence-corrected chi connectivity index (χ4v) is 4.00. The van der Waals surface area contributed by atoms with Gasteiger partial charge in [-0.05, 0) is 31.0 Å². The lowest BCUT2D eigenvalue weighted by Gasteiger charge is -2.50. The summed E-state index contributed by atoms with van der Waals surface area (Å²) in [6.07, 6.45) is 0. The van der Waals surface area contributed by atoms with Crippen molar-refractivity contribution in [3.05, 3.63) is 21.9 Å². The third kappa shape index (κ3) is 2.03. The van der Waals surface area contributed by atoms with Gasteiger partial charge in [-0.2, -0.15) is 0 Å². The molecule has 3 aliphatic rings. The maximum atomic E-state index is 3.54. The van der Waals surface area contributed by atoms with Crippen molar-refractivity contribution in [1.82, 2.24) is 15.1 Å². The molecule has 4 rings (SSSR count). The van der Waals surface area contributed by atoms with Crippen molar-refractivity contribution in [3.8, 4) is 0 Å². The Kier molecular flexibility index (Phi) is 3.21. The molecular formula is C13H21N3S. The zero-order chi connectivity index (χ0) is 11.8. The molecule has 94 valence electrons. The summed E-state index contributed by atoms with van der Waals surface area (Å²) in [4.78, 5) is 6.73. The Balaban J connectivity index is 1.84. The number of fused-ring (bicyclic) bond motifs is 3. The number of aryl methyl sites for hydroxylation is 1. The van der Waals surface area contributed by atoms with Crippen LogP contribution in [-0.2, 0) is 0 Å². The van der Waals surface area contributed by atoms with Crippen molar-refractivity contribution < 1.29 is 0 Å². The zero-order valence-electron chi connectivity index (χ0n) is 10.6. The number of nitrogens with zero attached hydrogens (tertiary/aromatic N) is 2. The Morgan fingerprint density at radius 1 is 1.35 bits per heavy atom. The van der Waals surface area contributed by atoms with E-state index in [9.17, 15) is 0 Å². The van der Waals surface area contributed by atoms with E-state index in [1.807, 2.05) is 11.3 Å². The number of nitrogens with one attached hydrogen (secondary N) is 1. The molecule has 0 aromatic carbocycles. The molecule has 2 atom stereocenters. The molecule has 3 nitrogen and oxygen atoms in total. The maximum Gasteiger partial charge on any atom is 0.0499 e. The number of likely N-dealkylation sites (N-methyl/N-ethyl adjacent to an activating group) is 1. The van der Waals surface area contributed by atoms with Crippen molar-refractivity contribution in [2.45, 2.75) is 19.0 Å². The van der Waals surface area contributed by atoms with Crippen LogP contribution < -0.4 is 5.32 Å². The highest BCUT2D eigenvalue weighted by atomic mass is 32.1. The predicted octanol–water partition coefficient (Wildman–Crippen LogP) is 1.32. The number of thiophene rings is 1. The molecule has 1 aromatic heterocycles. The zero-order valence-corrected chi connectivity index (χ0v) is 11.5. The number of hydrogen-bond acceptors (Lipinski definition) is 4. The summed E-state index contributed by atoms with van der Waals surface area (Å²) in [5, 5.41) is 5.75. The molecule has 0 amide bonds. The minimum atomic E-state index is 0.490. The van der Waals surface area contributed by atoms with E-state index in [4.69, 9.17) is 0 Å². The molecule has 1 N–H and O–H groups in total. The molecule has 0 spiro atoms. The summed E-state index contributed by atoms with van der Waals surface area (Å²) in [6.45, 7) is 8.46. The standard InChI is InChI=1S/C13H21N3S/c1-10-11(3-8-17-10)13(14-2)12-9-15-4-6-16(12)7-5-15/h3,8,12-14H,4-7,9H2,1-2H3. The van der Waals surface area contributed by atoms with Crippen molar-refractivity contribution in [3.63, 3.8) is 0 Å². The molecule has 0 radical (unpaired) electrons. The van der Waals surface area contributed by atoms with Crippen LogP contribution in [0.15, 0.2) is 11.4 Å². The highest BCUT2D eigenvalue weighted by molar-refractivity contribution is 7.10. The normalized spacial score (nSPS) is 33.9. The van der Waals surface area contributed by atoms with E-state index in [2.05, 4.69) is 40.5 Å². The number of rotatable bonds is 3. The summed E-state index contributed by atoms with van der Waals surface area (Å²) in [7, 11) is 2.10. The van der Waals surface area contributed by atoms with Crippen molar-refractivity contribution in [1.29, 1.82) is 0 Å². The second-order valence-corrected chi connectivity index (χ2v) is 6.22. The summed E-state index contributed by atoms with van der Waals surface area (Å²) in [6, 6.07) is 3.43. The van der Waals surface area contributed by atoms with Crippen LogP contribution >= 0.6 is 11.3 Å². The largest absolute Gasteiger partial charge is 0.312 e. The first-order valence-electron chi connectivity index (χ1n) is 6.47. The summed E-state index contributed by atoms with van der Waals surface area (Å²) in [5.74, 6) is 0. The Bertz CT molecular complexity index is 382. The van der Waals surface area contributed by atoms with Gasteiger partial charge in [0.05, 0.1) is 0 Å². The van der Waals surface area contributed by atoms with Crippen LogP contribution in [0.5, 0.6) is 0 Å². The van der Waals surface area contributed by atoms with Crippen LogP contribution in [0.3, 0.4) is 0 Å². The van der Waals surface area contributed by atoms with Crippen LogP contribution in [0.25, 0.3) is 0 Å². The molecule has 2 unspecified atom stereocenters. The minimum Gasteiger partial charge on any atom is -0.312 e. The fourth-order valence-electron chi connectivity index (χ4n) is 3.25. The number of hydrogen-bond donors (Lipinski definition) is 1. The monoisotopic (exact) mass is 251 g/mol. The molecule has 4 heteroatoms. The molecule has 4 heterocycles. The van der Waals surface area contributed by atoms with Gasteiger partial charge in [-0.3, -0.25) is 9.80 Å². The molecule has 2 bridgehead atoms. The highest BCUT2D eigenvalue weighted by Crippen LogP contribution is 2.30. The highest BCUT2D eigenvalue weighted by Gasteiger charge is 2.37. The van der Waals surface area contributed by atoms with E-state index in [0.717, 1.165) is 0 Å². The molecule has 3 saturated heterocycles. The lowest BCUT2D eigenvalue weighted by molar-refractivity contribution is -0.00256. The summed E-state index contributed by atoms with van der Waals surface area (Å²) >= 11 is 1.86. The first kappa shape index (κ1) is 11.7. The second-order valence-electron chi connectivity index (χ2n) is 5.10. The van der Waals surface area contributed by atoms with Gasteiger partial charge in [-0.25, -0.2) is 0 Å². The van der Waals surface area contributed by atoms with Gasteiger partial charge >= 0.3 is 0 Å². The van der Waals surface area contributed by atoms with Gasteiger partial charge in [0.15, 0.2) is 0 Å². The van der Waals surface area contributed by atoms with Crippen molar-refractivity contribution >= 4 is 11.3 Å². The first-order chi connectivity index (χ1) is 8.29. The van der Waals surface area contributed by atoms with E-state index in [1.165, 1.54) is 43.2 Å². The third-order valence-electron chi connectivity index (χ3n) is 4.25. The van der Waals surface area contributed by atoms with Gasteiger partial charge in [-0.1, -0.05) is 0 Å². The van der Waals surface area contributed by atoms with Gasteiger partial charge in [0, 0.05) is 49.7 Å². The van der Waals surface area contributed by atoms with Crippen LogP contribution in [0.2, 0.25) is 0 Å². The summed E-state index contributed by atoms with van der Waals surface area (Å²) < 4.78 is 0. The minimum absolute atomic E-state index is 0.490. The van der Waals surface area contributed by atoms with E-state index in [-0.39, 0.29) is 0 Å². The van der Waals surface area contributed by atoms with Gasteiger partial charge in [0.25, 0.3) is 0 Å². The average Bonchev–Trinajstić information content (AvgIpc) is 2.79. The SMILES string of the molecule is CNC(c1ccsc1C)C1CN2CCN1CC2. The van der Waals surface area contributed by atoms with E-state index < -0.39 is 0 Å². The van der Waals surface area contributed by atoms with Gasteiger partial charge < -0.3 is 5.32 Å². The Morgan fingerprint density at radius 3 is 2.59 bits per heavy atom. The predicted molar refractivity (Wildman–Crippen MR) is 72.7 cm³/mol. The van der Waals surface area contributed by atoms with Crippen LogP contribution in [0, 0.1) is 6.92 Å². The summed E-state index contributed by atoms with van der Waals surface area (Å²) in [5.41, 5.74) is 1.50. The van der Waals surface area contributed by atoms with Gasteiger partial charge in [0.2, 0.25) is 0 Å². The topological polar surface area (TPSA) is 18.5 Å². The smallest absolute Gasteiger partial charge is 0.0499 e. The van der Waals surface area contributed by atoms with Crippen LogP contribution in [0.1, 0.15) is 16.5 Å². The molecule has 0 aliphatic carbocycles. The van der Waals surface area contributed by atoms with Crippen LogP contribution in [0.4, 0.5) is 0 Å². The molecule has 1 aromatic rings. The Labute approximate surface area is 107 Å². The number of piperazine rings is 3. The van der Waals surface area contributed by atoms with Crippen molar-refractivity contribution in [2.24, 2.45) is 0 Å². The Morgan fingerprint density at radius 2 is 2.12 bits per heavy atom. The fraction of sp³-hybridized carbons (Fsp3) is 0.692. The van der Waals surface area contributed by atoms with Gasteiger partial charge in [-0.15, -0.1) is 11.3 Å². The average molecular weight is 251 g/mol. The first-order valence-corrected chi connectivity index (χ1v) is 7.35. The lowest BCUT2D eigenvalue weighted by Crippen LogP contribution is -2.63. The maximum absolute atomic E-state index is 3.54. The van der Waals surface area contributed by atoms with E-state index in [0.29, 0.717) is 12.1 Å². The second kappa shape index (κ2) is 4.69. The van der Waals surface area contributed by atoms with Crippen molar-refractivity contribution in [2.75, 3.05) is 39.8 Å². The van der Waals surface area contributed by atoms with Gasteiger partial charge in [0.1, 0.15) is 0 Å². The molecule has 3 fully saturated rings. The molecule has 3 aliphatic heterocycles. The van der Waals surface area contributed by atoms with E-state index in [1.54, 1.807) is 0 Å². The van der Waals surface area contributed by atoms with Crippen LogP contribution in [-0.4, -0.2) is 55.6 Å². The third-order valence-corrected chi connectivity index (χ3v) is 5.11. The molecule has 17 heavy (non-hydrogen) atoms. The lowest BCUT2D eigenvalue weighted by atomic mass is 9.94. The molecule has 0 saturated carbocycles.